The van der Waals surface area contributed by atoms with Crippen molar-refractivity contribution in [3.8, 4) is 11.1 Å². The van der Waals surface area contributed by atoms with E-state index in [1.54, 1.807) is 6.92 Å². The van der Waals surface area contributed by atoms with Crippen molar-refractivity contribution in [2.24, 2.45) is 5.92 Å². The third-order valence-electron chi connectivity index (χ3n) is 7.09. The largest absolute Gasteiger partial charge is 0.480 e. The molecular formula is C27H32N2O6. The van der Waals surface area contributed by atoms with Crippen molar-refractivity contribution in [3.63, 3.8) is 0 Å². The summed E-state index contributed by atoms with van der Waals surface area (Å²) in [6, 6.07) is 15.1. The van der Waals surface area contributed by atoms with Gasteiger partial charge in [0.05, 0.1) is 6.61 Å². The highest BCUT2D eigenvalue weighted by Crippen LogP contribution is 2.44. The predicted molar refractivity (Wildman–Crippen MR) is 130 cm³/mol. The number of fused-ring (bicyclic) bond motifs is 3. The lowest BCUT2D eigenvalue weighted by molar-refractivity contribution is -0.150. The zero-order valence-corrected chi connectivity index (χ0v) is 20.1. The SMILES string of the molecule is CCC(C(=O)O)N(C)C(=O)CC1COCCC1NC(=O)OCC1c2ccccc2-c2ccccc21. The summed E-state index contributed by atoms with van der Waals surface area (Å²) >= 11 is 0. The maximum absolute atomic E-state index is 12.8. The second-order valence-corrected chi connectivity index (χ2v) is 9.17. The van der Waals surface area contributed by atoms with Crippen LogP contribution in [0.5, 0.6) is 0 Å². The van der Waals surface area contributed by atoms with Gasteiger partial charge in [0, 0.05) is 38.0 Å². The van der Waals surface area contributed by atoms with Crippen LogP contribution in [0.15, 0.2) is 48.5 Å². The third-order valence-corrected chi connectivity index (χ3v) is 7.09. The van der Waals surface area contributed by atoms with Crippen LogP contribution >= 0.6 is 0 Å². The van der Waals surface area contributed by atoms with E-state index in [0.717, 1.165) is 22.3 Å². The second-order valence-electron chi connectivity index (χ2n) is 9.17. The zero-order chi connectivity index (χ0) is 24.9. The number of likely N-dealkylation sites (N-methyl/N-ethyl adjacent to an activating group) is 1. The summed E-state index contributed by atoms with van der Waals surface area (Å²) in [7, 11) is 1.50. The Hall–Kier alpha value is -3.39. The summed E-state index contributed by atoms with van der Waals surface area (Å²) in [5.41, 5.74) is 4.61. The molecule has 1 aliphatic carbocycles. The second kappa shape index (κ2) is 10.9. The van der Waals surface area contributed by atoms with Gasteiger partial charge in [-0.25, -0.2) is 9.59 Å². The Labute approximate surface area is 205 Å². The quantitative estimate of drug-likeness (QED) is 0.598. The van der Waals surface area contributed by atoms with Gasteiger partial charge in [0.15, 0.2) is 0 Å². The summed E-state index contributed by atoms with van der Waals surface area (Å²) < 4.78 is 11.2. The standard InChI is InChI=1S/C27H32N2O6/c1-3-24(26(31)32)29(2)25(30)14-17-15-34-13-12-23(17)28-27(33)35-16-22-20-10-6-4-8-18(20)19-9-5-7-11-21(19)22/h4-11,17,22-24H,3,12-16H2,1-2H3,(H,28,33)(H,31,32). The summed E-state index contributed by atoms with van der Waals surface area (Å²) in [6.45, 7) is 2.74. The number of hydrogen-bond acceptors (Lipinski definition) is 5. The number of nitrogens with zero attached hydrogens (tertiary/aromatic N) is 1. The van der Waals surface area contributed by atoms with Crippen LogP contribution in [0.2, 0.25) is 0 Å². The lowest BCUT2D eigenvalue weighted by Crippen LogP contribution is -2.49. The van der Waals surface area contributed by atoms with Gasteiger partial charge in [-0.05, 0) is 35.1 Å². The number of carboxylic acid groups (broad SMARTS) is 1. The number of carboxylic acids is 1. The van der Waals surface area contributed by atoms with Gasteiger partial charge < -0.3 is 24.8 Å². The first-order chi connectivity index (χ1) is 16.9. The van der Waals surface area contributed by atoms with Crippen LogP contribution < -0.4 is 5.32 Å². The van der Waals surface area contributed by atoms with Gasteiger partial charge in [0.2, 0.25) is 5.91 Å². The van der Waals surface area contributed by atoms with E-state index in [0.29, 0.717) is 26.1 Å². The molecule has 2 aromatic carbocycles. The van der Waals surface area contributed by atoms with Crippen molar-refractivity contribution in [3.05, 3.63) is 59.7 Å². The Morgan fingerprint density at radius 2 is 1.74 bits per heavy atom. The normalized spacial score (nSPS) is 19.8. The number of ether oxygens (including phenoxy) is 2. The molecule has 2 aliphatic rings. The fraction of sp³-hybridized carbons (Fsp3) is 0.444. The molecule has 35 heavy (non-hydrogen) atoms. The number of aliphatic carboxylic acids is 1. The van der Waals surface area contributed by atoms with Crippen molar-refractivity contribution in [1.29, 1.82) is 0 Å². The first-order valence-electron chi connectivity index (χ1n) is 12.1. The first kappa shape index (κ1) is 24.7. The highest BCUT2D eigenvalue weighted by molar-refractivity contribution is 5.83. The van der Waals surface area contributed by atoms with Crippen LogP contribution in [0.25, 0.3) is 11.1 Å². The van der Waals surface area contributed by atoms with Gasteiger partial charge in [0.25, 0.3) is 0 Å². The maximum atomic E-state index is 12.8. The fourth-order valence-corrected chi connectivity index (χ4v) is 5.14. The number of hydrogen-bond donors (Lipinski definition) is 2. The van der Waals surface area contributed by atoms with Crippen LogP contribution in [0.3, 0.4) is 0 Å². The van der Waals surface area contributed by atoms with Gasteiger partial charge >= 0.3 is 12.1 Å². The number of benzene rings is 2. The smallest absolute Gasteiger partial charge is 0.407 e. The Balaban J connectivity index is 1.37. The highest BCUT2D eigenvalue weighted by atomic mass is 16.5. The van der Waals surface area contributed by atoms with E-state index in [2.05, 4.69) is 29.6 Å². The number of amides is 2. The lowest BCUT2D eigenvalue weighted by atomic mass is 9.92. The van der Waals surface area contributed by atoms with Crippen LogP contribution in [-0.2, 0) is 19.1 Å². The molecule has 1 heterocycles. The van der Waals surface area contributed by atoms with Gasteiger partial charge in [0.1, 0.15) is 12.6 Å². The highest BCUT2D eigenvalue weighted by Gasteiger charge is 2.34. The van der Waals surface area contributed by atoms with E-state index < -0.39 is 18.1 Å². The van der Waals surface area contributed by atoms with E-state index in [1.807, 2.05) is 24.3 Å². The number of rotatable bonds is 8. The van der Waals surface area contributed by atoms with Crippen LogP contribution in [0.4, 0.5) is 4.79 Å². The topological polar surface area (TPSA) is 105 Å². The Morgan fingerprint density at radius 1 is 1.11 bits per heavy atom. The first-order valence-corrected chi connectivity index (χ1v) is 12.1. The summed E-state index contributed by atoms with van der Waals surface area (Å²) in [5.74, 6) is -1.60. The molecule has 0 spiro atoms. The number of carbonyl (C=O) groups is 3. The lowest BCUT2D eigenvalue weighted by Gasteiger charge is -2.33. The number of nitrogens with one attached hydrogen (secondary N) is 1. The molecule has 1 fully saturated rings. The average molecular weight is 481 g/mol. The molecule has 0 saturated carbocycles. The Bertz CT molecular complexity index is 1040. The molecule has 186 valence electrons. The molecule has 2 aromatic rings. The minimum absolute atomic E-state index is 0.0316. The van der Waals surface area contributed by atoms with Crippen molar-refractivity contribution in [2.75, 3.05) is 26.9 Å². The molecule has 3 atom stereocenters. The Kier molecular flexibility index (Phi) is 7.70. The molecule has 8 nitrogen and oxygen atoms in total. The molecule has 2 N–H and O–H groups in total. The minimum Gasteiger partial charge on any atom is -0.480 e. The van der Waals surface area contributed by atoms with Crippen LogP contribution in [-0.4, -0.2) is 66.9 Å². The minimum atomic E-state index is -1.03. The molecule has 0 aromatic heterocycles. The third kappa shape index (κ3) is 5.32. The van der Waals surface area contributed by atoms with Crippen molar-refractivity contribution < 1.29 is 29.0 Å². The zero-order valence-electron chi connectivity index (χ0n) is 20.1. The predicted octanol–water partition coefficient (Wildman–Crippen LogP) is 3.64. The Morgan fingerprint density at radius 3 is 2.34 bits per heavy atom. The monoisotopic (exact) mass is 480 g/mol. The molecule has 3 unspecified atom stereocenters. The van der Waals surface area contributed by atoms with Gasteiger partial charge in [-0.15, -0.1) is 0 Å². The average Bonchev–Trinajstić information content (AvgIpc) is 3.18. The van der Waals surface area contributed by atoms with Gasteiger partial charge in [-0.2, -0.15) is 0 Å². The van der Waals surface area contributed by atoms with Crippen molar-refractivity contribution in [1.82, 2.24) is 10.2 Å². The van der Waals surface area contributed by atoms with E-state index in [-0.39, 0.29) is 36.8 Å². The van der Waals surface area contributed by atoms with E-state index in [9.17, 15) is 19.5 Å². The van der Waals surface area contributed by atoms with E-state index in [1.165, 1.54) is 11.9 Å². The van der Waals surface area contributed by atoms with Gasteiger partial charge in [-0.3, -0.25) is 4.79 Å². The molecular weight excluding hydrogens is 448 g/mol. The van der Waals surface area contributed by atoms with E-state index in [4.69, 9.17) is 9.47 Å². The molecule has 2 amide bonds. The summed E-state index contributed by atoms with van der Waals surface area (Å²) in [4.78, 5) is 38.2. The van der Waals surface area contributed by atoms with Crippen LogP contribution in [0.1, 0.15) is 43.2 Å². The molecule has 4 rings (SSSR count). The summed E-state index contributed by atoms with van der Waals surface area (Å²) in [5, 5.41) is 12.3. The van der Waals surface area contributed by atoms with Gasteiger partial charge in [-0.1, -0.05) is 55.5 Å². The molecule has 0 bridgehead atoms. The van der Waals surface area contributed by atoms with Crippen LogP contribution in [0, 0.1) is 5.92 Å². The van der Waals surface area contributed by atoms with Crippen molar-refractivity contribution >= 4 is 18.0 Å². The molecule has 8 heteroatoms. The molecule has 1 aliphatic heterocycles. The summed E-state index contributed by atoms with van der Waals surface area (Å²) in [6.07, 6.45) is 0.443. The molecule has 0 radical (unpaired) electrons. The van der Waals surface area contributed by atoms with E-state index >= 15 is 0 Å². The number of alkyl carbamates (subject to hydrolysis) is 1. The maximum Gasteiger partial charge on any atom is 0.407 e. The fourth-order valence-electron chi connectivity index (χ4n) is 5.14. The van der Waals surface area contributed by atoms with Crippen molar-refractivity contribution in [2.45, 2.75) is 44.2 Å². The number of carbonyl (C=O) groups excluding carboxylic acids is 2. The molecule has 1 saturated heterocycles.